The van der Waals surface area contributed by atoms with E-state index in [2.05, 4.69) is 21.2 Å². The third kappa shape index (κ3) is 3.66. The molecule has 8 nitrogen and oxygen atoms in total. The number of aliphatic hydroxyl groups is 1. The van der Waals surface area contributed by atoms with Crippen LogP contribution in [0.1, 0.15) is 32.4 Å². The number of carbonyl (C=O) groups excluding carboxylic acids is 3. The molecule has 1 aromatic carbocycles. The van der Waals surface area contributed by atoms with Crippen molar-refractivity contribution in [2.45, 2.75) is 32.9 Å². The van der Waals surface area contributed by atoms with Crippen LogP contribution < -0.4 is 5.32 Å². The molecular weight excluding hydrogens is 422 g/mol. The minimum absolute atomic E-state index is 0.0298. The Labute approximate surface area is 165 Å². The molecule has 0 unspecified atom stereocenters. The van der Waals surface area contributed by atoms with Crippen LogP contribution in [0.5, 0.6) is 0 Å². The number of esters is 3. The second-order valence-electron chi connectivity index (χ2n) is 5.77. The summed E-state index contributed by atoms with van der Waals surface area (Å²) in [5.41, 5.74) is -1.69. The van der Waals surface area contributed by atoms with Crippen LogP contribution in [0.25, 0.3) is 0 Å². The average Bonchev–Trinajstić information content (AvgIpc) is 2.62. The molecule has 0 radical (unpaired) electrons. The van der Waals surface area contributed by atoms with Crippen LogP contribution in [0.2, 0.25) is 0 Å². The first-order valence-corrected chi connectivity index (χ1v) is 9.38. The normalized spacial score (nSPS) is 20.0. The highest BCUT2D eigenvalue weighted by Crippen LogP contribution is 2.48. The van der Waals surface area contributed by atoms with Crippen LogP contribution in [0.3, 0.4) is 0 Å². The van der Waals surface area contributed by atoms with Gasteiger partial charge in [-0.15, -0.1) is 0 Å². The van der Waals surface area contributed by atoms with Gasteiger partial charge < -0.3 is 24.6 Å². The molecule has 0 bridgehead atoms. The molecule has 0 saturated carbocycles. The first-order valence-electron chi connectivity index (χ1n) is 8.59. The summed E-state index contributed by atoms with van der Waals surface area (Å²) < 4.78 is 15.8. The molecule has 0 fully saturated rings. The minimum Gasteiger partial charge on any atom is -0.465 e. The Morgan fingerprint density at radius 1 is 1.07 bits per heavy atom. The van der Waals surface area contributed by atoms with Crippen molar-refractivity contribution in [3.05, 3.63) is 28.2 Å². The van der Waals surface area contributed by atoms with Crippen molar-refractivity contribution >= 4 is 39.5 Å². The van der Waals surface area contributed by atoms with Gasteiger partial charge in [0.05, 0.1) is 19.8 Å². The predicted molar refractivity (Wildman–Crippen MR) is 98.8 cm³/mol. The molecule has 9 heteroatoms. The van der Waals surface area contributed by atoms with E-state index in [1.807, 2.05) is 0 Å². The summed E-state index contributed by atoms with van der Waals surface area (Å²) >= 11 is 3.30. The maximum atomic E-state index is 12.9. The molecule has 148 valence electrons. The average molecular weight is 444 g/mol. The molecule has 2 atom stereocenters. The largest absolute Gasteiger partial charge is 0.465 e. The lowest BCUT2D eigenvalue weighted by Crippen LogP contribution is -2.62. The van der Waals surface area contributed by atoms with E-state index in [0.717, 1.165) is 0 Å². The maximum Gasteiger partial charge on any atom is 0.330 e. The van der Waals surface area contributed by atoms with Crippen molar-refractivity contribution in [2.24, 2.45) is 5.41 Å². The standard InChI is InChI=1S/C18H22BrNO7/c1-4-25-15(22)13-18(16(23)26-5-2,17(24)27-6-3)14(21)11-9-10(19)7-8-12(11)20-13/h7-9,13-14,20-21H,4-6H2,1-3H3/t13-,14-/m1/s1. The first-order chi connectivity index (χ1) is 12.8. The molecule has 0 spiro atoms. The Hall–Kier alpha value is -2.13. The zero-order chi connectivity index (χ0) is 20.2. The molecule has 1 aliphatic rings. The Kier molecular flexibility index (Phi) is 6.83. The van der Waals surface area contributed by atoms with E-state index >= 15 is 0 Å². The number of halogens is 1. The van der Waals surface area contributed by atoms with Crippen molar-refractivity contribution in [3.63, 3.8) is 0 Å². The van der Waals surface area contributed by atoms with Crippen molar-refractivity contribution < 1.29 is 33.7 Å². The fraction of sp³-hybridized carbons (Fsp3) is 0.500. The molecular formula is C18H22BrNO7. The highest BCUT2D eigenvalue weighted by molar-refractivity contribution is 9.10. The number of rotatable bonds is 6. The van der Waals surface area contributed by atoms with Crippen LogP contribution in [-0.4, -0.2) is 48.9 Å². The molecule has 0 aliphatic carbocycles. The predicted octanol–water partition coefficient (Wildman–Crippen LogP) is 1.95. The molecule has 2 N–H and O–H groups in total. The van der Waals surface area contributed by atoms with Gasteiger partial charge in [-0.3, -0.25) is 9.59 Å². The Bertz CT molecular complexity index is 718. The van der Waals surface area contributed by atoms with Crippen molar-refractivity contribution in [3.8, 4) is 0 Å². The summed E-state index contributed by atoms with van der Waals surface area (Å²) in [5, 5.41) is 14.0. The second-order valence-corrected chi connectivity index (χ2v) is 6.69. The van der Waals surface area contributed by atoms with Crippen LogP contribution in [0, 0.1) is 5.41 Å². The number of anilines is 1. The van der Waals surface area contributed by atoms with Crippen LogP contribution in [-0.2, 0) is 28.6 Å². The minimum atomic E-state index is -2.34. The number of hydrogen-bond donors (Lipinski definition) is 2. The summed E-state index contributed by atoms with van der Waals surface area (Å²) in [6, 6.07) is 3.36. The molecule has 0 amide bonds. The molecule has 0 saturated heterocycles. The van der Waals surface area contributed by atoms with E-state index in [-0.39, 0.29) is 25.4 Å². The first kappa shape index (κ1) is 21.2. The monoisotopic (exact) mass is 443 g/mol. The summed E-state index contributed by atoms with van der Waals surface area (Å²) in [6.07, 6.45) is -1.68. The zero-order valence-corrected chi connectivity index (χ0v) is 16.9. The molecule has 1 aliphatic heterocycles. The van der Waals surface area contributed by atoms with E-state index in [1.54, 1.807) is 39.0 Å². The summed E-state index contributed by atoms with van der Waals surface area (Å²) in [7, 11) is 0. The van der Waals surface area contributed by atoms with Gasteiger partial charge in [-0.05, 0) is 39.0 Å². The van der Waals surface area contributed by atoms with Crippen LogP contribution >= 0.6 is 15.9 Å². The number of carbonyl (C=O) groups is 3. The number of aliphatic hydroxyl groups excluding tert-OH is 1. The third-order valence-electron chi connectivity index (χ3n) is 4.24. The highest BCUT2D eigenvalue weighted by atomic mass is 79.9. The number of nitrogens with one attached hydrogen (secondary N) is 1. The van der Waals surface area contributed by atoms with E-state index in [1.165, 1.54) is 0 Å². The lowest BCUT2D eigenvalue weighted by atomic mass is 9.69. The topological polar surface area (TPSA) is 111 Å². The van der Waals surface area contributed by atoms with E-state index in [0.29, 0.717) is 10.2 Å². The lowest BCUT2D eigenvalue weighted by Gasteiger charge is -2.43. The van der Waals surface area contributed by atoms with Gasteiger partial charge in [-0.2, -0.15) is 0 Å². The molecule has 0 aromatic heterocycles. The smallest absolute Gasteiger partial charge is 0.330 e. The number of ether oxygens (including phenoxy) is 3. The zero-order valence-electron chi connectivity index (χ0n) is 15.3. The second kappa shape index (κ2) is 8.71. The summed E-state index contributed by atoms with van der Waals surface area (Å²) in [6.45, 7) is 4.65. The van der Waals surface area contributed by atoms with Gasteiger partial charge in [-0.25, -0.2) is 4.79 Å². The van der Waals surface area contributed by atoms with Gasteiger partial charge in [0.15, 0.2) is 6.04 Å². The summed E-state index contributed by atoms with van der Waals surface area (Å²) in [4.78, 5) is 38.5. The molecule has 1 heterocycles. The van der Waals surface area contributed by atoms with Gasteiger partial charge in [0.25, 0.3) is 0 Å². The SMILES string of the molecule is CCOC(=O)[C@H]1Nc2ccc(Br)cc2[C@@H](O)C1(C(=O)OCC)C(=O)OCC. The lowest BCUT2D eigenvalue weighted by molar-refractivity contribution is -0.189. The Morgan fingerprint density at radius 2 is 1.63 bits per heavy atom. The van der Waals surface area contributed by atoms with Gasteiger partial charge in [0, 0.05) is 15.7 Å². The van der Waals surface area contributed by atoms with Crippen molar-refractivity contribution in [1.29, 1.82) is 0 Å². The molecule has 27 heavy (non-hydrogen) atoms. The Morgan fingerprint density at radius 3 is 2.15 bits per heavy atom. The highest BCUT2D eigenvalue weighted by Gasteiger charge is 2.66. The molecule has 2 rings (SSSR count). The summed E-state index contributed by atoms with van der Waals surface area (Å²) in [5.74, 6) is -2.99. The fourth-order valence-electron chi connectivity index (χ4n) is 3.08. The quantitative estimate of drug-likeness (QED) is 0.389. The molecule has 1 aromatic rings. The fourth-order valence-corrected chi connectivity index (χ4v) is 3.46. The van der Waals surface area contributed by atoms with Crippen molar-refractivity contribution in [2.75, 3.05) is 25.1 Å². The van der Waals surface area contributed by atoms with Gasteiger partial charge in [0.2, 0.25) is 5.41 Å². The van der Waals surface area contributed by atoms with E-state index < -0.39 is 35.5 Å². The van der Waals surface area contributed by atoms with E-state index in [4.69, 9.17) is 14.2 Å². The number of benzene rings is 1. The van der Waals surface area contributed by atoms with Crippen molar-refractivity contribution in [1.82, 2.24) is 0 Å². The van der Waals surface area contributed by atoms with Gasteiger partial charge in [0.1, 0.15) is 6.10 Å². The van der Waals surface area contributed by atoms with Crippen LogP contribution in [0.4, 0.5) is 5.69 Å². The third-order valence-corrected chi connectivity index (χ3v) is 4.74. The number of hydrogen-bond acceptors (Lipinski definition) is 8. The number of fused-ring (bicyclic) bond motifs is 1. The maximum absolute atomic E-state index is 12.9. The van der Waals surface area contributed by atoms with Crippen LogP contribution in [0.15, 0.2) is 22.7 Å². The van der Waals surface area contributed by atoms with Gasteiger partial charge in [-0.1, -0.05) is 15.9 Å². The van der Waals surface area contributed by atoms with E-state index in [9.17, 15) is 19.5 Å². The Balaban J connectivity index is 2.73. The van der Waals surface area contributed by atoms with Gasteiger partial charge >= 0.3 is 17.9 Å².